The van der Waals surface area contributed by atoms with Crippen LogP contribution in [0.4, 0.5) is 0 Å². The summed E-state index contributed by atoms with van der Waals surface area (Å²) >= 11 is 0. The predicted molar refractivity (Wildman–Crippen MR) is 96.9 cm³/mol. The van der Waals surface area contributed by atoms with Crippen molar-refractivity contribution in [3.8, 4) is 11.5 Å². The molecule has 142 valence electrons. The van der Waals surface area contributed by atoms with Crippen molar-refractivity contribution in [3.63, 3.8) is 0 Å². The molecule has 2 heterocycles. The lowest BCUT2D eigenvalue weighted by atomic mass is 10.1. The Balaban J connectivity index is 1.69. The van der Waals surface area contributed by atoms with Gasteiger partial charge >= 0.3 is 5.97 Å². The molecule has 7 heteroatoms. The van der Waals surface area contributed by atoms with Gasteiger partial charge in [-0.1, -0.05) is 0 Å². The Labute approximate surface area is 156 Å². The number of ketones is 2. The van der Waals surface area contributed by atoms with E-state index in [-0.39, 0.29) is 17.3 Å². The fourth-order valence-corrected chi connectivity index (χ4v) is 3.11. The third-order valence-electron chi connectivity index (χ3n) is 4.40. The predicted octanol–water partition coefficient (Wildman–Crippen LogP) is 3.04. The van der Waals surface area contributed by atoms with E-state index in [9.17, 15) is 14.4 Å². The quantitative estimate of drug-likeness (QED) is 0.641. The molecule has 1 aromatic heterocycles. The topological polar surface area (TPSA) is 94.7 Å². The van der Waals surface area contributed by atoms with E-state index in [2.05, 4.69) is 4.98 Å². The number of aromatic nitrogens is 1. The standard InChI is InChI=1S/C20H21NO6/c1-11-18(13(3)22)12(2)21-19(11)20(24)27-10-15(23)14-5-6-16-17(9-14)26-8-4-7-25-16/h5-6,9,21H,4,7-8,10H2,1-3H3. The number of nitrogens with one attached hydrogen (secondary N) is 1. The molecule has 0 radical (unpaired) electrons. The first kappa shape index (κ1) is 18.7. The first-order valence-corrected chi connectivity index (χ1v) is 8.68. The number of carbonyl (C=O) groups is 3. The first-order chi connectivity index (χ1) is 12.9. The summed E-state index contributed by atoms with van der Waals surface area (Å²) in [6.07, 6.45) is 0.771. The fraction of sp³-hybridized carbons (Fsp3) is 0.350. The molecule has 0 fully saturated rings. The van der Waals surface area contributed by atoms with Crippen LogP contribution in [0, 0.1) is 13.8 Å². The van der Waals surface area contributed by atoms with Gasteiger partial charge in [0.1, 0.15) is 5.69 Å². The number of Topliss-reactive ketones (excluding diaryl/α,β-unsaturated/α-hetero) is 2. The molecule has 1 aromatic carbocycles. The molecule has 0 aliphatic carbocycles. The number of hydrogen-bond acceptors (Lipinski definition) is 6. The average Bonchev–Trinajstić information content (AvgIpc) is 2.81. The molecule has 1 N–H and O–H groups in total. The van der Waals surface area contributed by atoms with Crippen molar-refractivity contribution in [2.45, 2.75) is 27.2 Å². The molecule has 0 spiro atoms. The van der Waals surface area contributed by atoms with Gasteiger partial charge in [-0.3, -0.25) is 9.59 Å². The Kier molecular flexibility index (Phi) is 5.30. The summed E-state index contributed by atoms with van der Waals surface area (Å²) in [5, 5.41) is 0. The molecule has 7 nitrogen and oxygen atoms in total. The molecule has 27 heavy (non-hydrogen) atoms. The van der Waals surface area contributed by atoms with Crippen LogP contribution in [0.2, 0.25) is 0 Å². The summed E-state index contributed by atoms with van der Waals surface area (Å²) in [6.45, 7) is 5.49. The van der Waals surface area contributed by atoms with E-state index in [1.165, 1.54) is 6.92 Å². The molecule has 0 bridgehead atoms. The van der Waals surface area contributed by atoms with Gasteiger partial charge in [0.2, 0.25) is 0 Å². The van der Waals surface area contributed by atoms with Gasteiger partial charge in [0.05, 0.1) is 13.2 Å². The zero-order valence-corrected chi connectivity index (χ0v) is 15.5. The van der Waals surface area contributed by atoms with Crippen molar-refractivity contribution in [2.24, 2.45) is 0 Å². The van der Waals surface area contributed by atoms with Gasteiger partial charge in [-0.25, -0.2) is 4.79 Å². The molecular formula is C20H21NO6. The second kappa shape index (κ2) is 7.65. The molecule has 0 saturated carbocycles. The number of benzene rings is 1. The van der Waals surface area contributed by atoms with Gasteiger partial charge in [-0.2, -0.15) is 0 Å². The number of aryl methyl sites for hydroxylation is 1. The number of fused-ring (bicyclic) bond motifs is 1. The maximum absolute atomic E-state index is 12.4. The Hall–Kier alpha value is -3.09. The monoisotopic (exact) mass is 371 g/mol. The molecule has 2 aromatic rings. The van der Waals surface area contributed by atoms with E-state index in [0.717, 1.165) is 6.42 Å². The highest BCUT2D eigenvalue weighted by Crippen LogP contribution is 2.30. The number of ether oxygens (including phenoxy) is 3. The van der Waals surface area contributed by atoms with Crippen LogP contribution in [0.15, 0.2) is 18.2 Å². The number of esters is 1. The first-order valence-electron chi connectivity index (χ1n) is 8.68. The summed E-state index contributed by atoms with van der Waals surface area (Å²) in [5.41, 5.74) is 2.14. The van der Waals surface area contributed by atoms with E-state index >= 15 is 0 Å². The van der Waals surface area contributed by atoms with Crippen molar-refractivity contribution in [1.82, 2.24) is 4.98 Å². The van der Waals surface area contributed by atoms with Crippen LogP contribution in [0.3, 0.4) is 0 Å². The Morgan fingerprint density at radius 1 is 1.11 bits per heavy atom. The lowest BCUT2D eigenvalue weighted by Gasteiger charge is -2.09. The molecule has 0 saturated heterocycles. The lowest BCUT2D eigenvalue weighted by Crippen LogP contribution is -2.15. The van der Waals surface area contributed by atoms with E-state index in [0.29, 0.717) is 47.1 Å². The second-order valence-electron chi connectivity index (χ2n) is 6.39. The molecular weight excluding hydrogens is 350 g/mol. The number of hydrogen-bond donors (Lipinski definition) is 1. The minimum Gasteiger partial charge on any atom is -0.490 e. The minimum atomic E-state index is -0.675. The van der Waals surface area contributed by atoms with Crippen molar-refractivity contribution < 1.29 is 28.6 Å². The van der Waals surface area contributed by atoms with E-state index < -0.39 is 12.6 Å². The van der Waals surface area contributed by atoms with Gasteiger partial charge < -0.3 is 19.2 Å². The lowest BCUT2D eigenvalue weighted by molar-refractivity contribution is 0.0468. The van der Waals surface area contributed by atoms with Crippen LogP contribution < -0.4 is 9.47 Å². The fourth-order valence-electron chi connectivity index (χ4n) is 3.11. The molecule has 3 rings (SSSR count). The zero-order valence-electron chi connectivity index (χ0n) is 15.5. The average molecular weight is 371 g/mol. The Morgan fingerprint density at radius 3 is 2.48 bits per heavy atom. The van der Waals surface area contributed by atoms with E-state index in [1.807, 2.05) is 0 Å². The zero-order chi connectivity index (χ0) is 19.6. The van der Waals surface area contributed by atoms with E-state index in [1.54, 1.807) is 32.0 Å². The number of carbonyl (C=O) groups excluding carboxylic acids is 3. The number of rotatable bonds is 5. The minimum absolute atomic E-state index is 0.136. The third kappa shape index (κ3) is 3.86. The smallest absolute Gasteiger partial charge is 0.355 e. The van der Waals surface area contributed by atoms with Crippen LogP contribution in [0.5, 0.6) is 11.5 Å². The van der Waals surface area contributed by atoms with Gasteiger partial charge in [0.25, 0.3) is 0 Å². The normalized spacial score (nSPS) is 13.0. The summed E-state index contributed by atoms with van der Waals surface area (Å²) in [4.78, 5) is 39.2. The molecule has 0 unspecified atom stereocenters. The van der Waals surface area contributed by atoms with Crippen molar-refractivity contribution >= 4 is 17.5 Å². The highest BCUT2D eigenvalue weighted by atomic mass is 16.5. The van der Waals surface area contributed by atoms with E-state index in [4.69, 9.17) is 14.2 Å². The molecule has 1 aliphatic rings. The van der Waals surface area contributed by atoms with Crippen LogP contribution in [-0.4, -0.2) is 42.3 Å². The Morgan fingerprint density at radius 2 is 1.81 bits per heavy atom. The van der Waals surface area contributed by atoms with Gasteiger partial charge in [0, 0.05) is 23.2 Å². The highest BCUT2D eigenvalue weighted by molar-refractivity contribution is 6.02. The van der Waals surface area contributed by atoms with Gasteiger partial charge in [0.15, 0.2) is 29.7 Å². The summed E-state index contributed by atoms with van der Waals surface area (Å²) in [7, 11) is 0. The largest absolute Gasteiger partial charge is 0.490 e. The summed E-state index contributed by atoms with van der Waals surface area (Å²) in [6, 6.07) is 4.88. The van der Waals surface area contributed by atoms with Crippen molar-refractivity contribution in [3.05, 3.63) is 46.3 Å². The number of H-pyrrole nitrogens is 1. The van der Waals surface area contributed by atoms with Crippen LogP contribution >= 0.6 is 0 Å². The van der Waals surface area contributed by atoms with Gasteiger partial charge in [-0.05, 0) is 44.5 Å². The Bertz CT molecular complexity index is 911. The SMILES string of the molecule is CC(=O)c1c(C)[nH]c(C(=O)OCC(=O)c2ccc3c(c2)OCCCO3)c1C. The second-order valence-corrected chi connectivity index (χ2v) is 6.39. The van der Waals surface area contributed by atoms with Crippen LogP contribution in [0.25, 0.3) is 0 Å². The third-order valence-corrected chi connectivity index (χ3v) is 4.40. The maximum atomic E-state index is 12.4. The van der Waals surface area contributed by atoms with Crippen LogP contribution in [0.1, 0.15) is 55.8 Å². The highest BCUT2D eigenvalue weighted by Gasteiger charge is 2.22. The molecule has 0 amide bonds. The van der Waals surface area contributed by atoms with Crippen LogP contribution in [-0.2, 0) is 4.74 Å². The maximum Gasteiger partial charge on any atom is 0.355 e. The summed E-state index contributed by atoms with van der Waals surface area (Å²) < 4.78 is 16.2. The van der Waals surface area contributed by atoms with Crippen molar-refractivity contribution in [2.75, 3.05) is 19.8 Å². The molecule has 1 aliphatic heterocycles. The van der Waals surface area contributed by atoms with Crippen molar-refractivity contribution in [1.29, 1.82) is 0 Å². The number of aromatic amines is 1. The van der Waals surface area contributed by atoms with Gasteiger partial charge in [-0.15, -0.1) is 0 Å². The molecule has 0 atom stereocenters. The summed E-state index contributed by atoms with van der Waals surface area (Å²) in [5.74, 6) is -0.0667.